The third-order valence-electron chi connectivity index (χ3n) is 4.25. The Morgan fingerprint density at radius 1 is 1.00 bits per heavy atom. The van der Waals surface area contributed by atoms with Crippen molar-refractivity contribution in [3.8, 4) is 5.75 Å². The van der Waals surface area contributed by atoms with Crippen molar-refractivity contribution in [3.63, 3.8) is 0 Å². The largest absolute Gasteiger partial charge is 0.508 e. The fourth-order valence-electron chi connectivity index (χ4n) is 2.82. The molecule has 1 aliphatic rings. The monoisotopic (exact) mass is 360 g/mol. The zero-order valence-electron chi connectivity index (χ0n) is 13.9. The summed E-state index contributed by atoms with van der Waals surface area (Å²) in [6, 6.07) is 13.5. The van der Waals surface area contributed by atoms with E-state index in [2.05, 4.69) is 4.90 Å². The van der Waals surface area contributed by atoms with Crippen molar-refractivity contribution < 1.29 is 14.3 Å². The third-order valence-corrected chi connectivity index (χ3v) is 5.26. The molecule has 6 heteroatoms. The molecule has 1 N–H and O–H groups in total. The van der Waals surface area contributed by atoms with Gasteiger partial charge in [0.25, 0.3) is 0 Å². The van der Waals surface area contributed by atoms with Gasteiger partial charge in [0, 0.05) is 48.9 Å². The van der Waals surface area contributed by atoms with Crippen LogP contribution in [0.25, 0.3) is 0 Å². The minimum Gasteiger partial charge on any atom is -0.508 e. The van der Waals surface area contributed by atoms with Gasteiger partial charge in [0.1, 0.15) is 11.6 Å². The van der Waals surface area contributed by atoms with E-state index in [0.717, 1.165) is 23.7 Å². The minimum atomic E-state index is -0.244. The number of hydrogen-bond acceptors (Lipinski definition) is 4. The maximum absolute atomic E-state index is 12.9. The van der Waals surface area contributed by atoms with E-state index in [4.69, 9.17) is 0 Å². The third kappa shape index (κ3) is 4.89. The summed E-state index contributed by atoms with van der Waals surface area (Å²) in [6.07, 6.45) is 0.487. The highest BCUT2D eigenvalue weighted by molar-refractivity contribution is 7.99. The van der Waals surface area contributed by atoms with Crippen LogP contribution in [0.5, 0.6) is 5.75 Å². The molecule has 1 amide bonds. The molecule has 4 nitrogen and oxygen atoms in total. The molecule has 25 heavy (non-hydrogen) atoms. The van der Waals surface area contributed by atoms with Crippen molar-refractivity contribution in [2.75, 3.05) is 36.8 Å². The molecular weight excluding hydrogens is 339 g/mol. The molecule has 0 saturated carbocycles. The van der Waals surface area contributed by atoms with Gasteiger partial charge in [-0.15, -0.1) is 11.8 Å². The molecule has 2 aromatic carbocycles. The second-order valence-electron chi connectivity index (χ2n) is 5.94. The minimum absolute atomic E-state index is 0.167. The van der Waals surface area contributed by atoms with Crippen LogP contribution >= 0.6 is 11.8 Å². The van der Waals surface area contributed by atoms with Crippen molar-refractivity contribution in [2.24, 2.45) is 0 Å². The van der Waals surface area contributed by atoms with Crippen LogP contribution < -0.4 is 4.90 Å². The second-order valence-corrected chi connectivity index (χ2v) is 7.10. The van der Waals surface area contributed by atoms with Gasteiger partial charge in [-0.25, -0.2) is 4.39 Å². The first-order chi connectivity index (χ1) is 12.1. The van der Waals surface area contributed by atoms with E-state index >= 15 is 0 Å². The van der Waals surface area contributed by atoms with Crippen LogP contribution in [-0.4, -0.2) is 47.8 Å². The summed E-state index contributed by atoms with van der Waals surface area (Å²) >= 11 is 1.57. The molecule has 0 bridgehead atoms. The Bertz CT molecular complexity index is 698. The molecule has 0 unspecified atom stereocenters. The SMILES string of the molecule is O=C(CCSc1ccc(F)cc1)N1CCN(c2ccc(O)cc2)CC1. The van der Waals surface area contributed by atoms with E-state index < -0.39 is 0 Å². The van der Waals surface area contributed by atoms with Crippen LogP contribution in [0.2, 0.25) is 0 Å². The van der Waals surface area contributed by atoms with Gasteiger partial charge >= 0.3 is 0 Å². The maximum Gasteiger partial charge on any atom is 0.223 e. The lowest BCUT2D eigenvalue weighted by Crippen LogP contribution is -2.48. The normalized spacial score (nSPS) is 14.6. The average molecular weight is 360 g/mol. The summed E-state index contributed by atoms with van der Waals surface area (Å²) in [5.41, 5.74) is 1.07. The summed E-state index contributed by atoms with van der Waals surface area (Å²) in [5, 5.41) is 9.36. The second kappa shape index (κ2) is 8.25. The Labute approximate surface area is 151 Å². The van der Waals surface area contributed by atoms with Gasteiger partial charge < -0.3 is 14.9 Å². The number of carbonyl (C=O) groups excluding carboxylic acids is 1. The van der Waals surface area contributed by atoms with E-state index in [9.17, 15) is 14.3 Å². The topological polar surface area (TPSA) is 43.8 Å². The van der Waals surface area contributed by atoms with Gasteiger partial charge in [0.05, 0.1) is 0 Å². The first-order valence-corrected chi connectivity index (χ1v) is 9.30. The van der Waals surface area contributed by atoms with Crippen LogP contribution in [-0.2, 0) is 4.79 Å². The molecule has 1 heterocycles. The lowest BCUT2D eigenvalue weighted by atomic mass is 10.2. The lowest BCUT2D eigenvalue weighted by molar-refractivity contribution is -0.131. The van der Waals surface area contributed by atoms with Crippen LogP contribution in [0.4, 0.5) is 10.1 Å². The van der Waals surface area contributed by atoms with Gasteiger partial charge in [0.15, 0.2) is 0 Å². The van der Waals surface area contributed by atoms with Crippen molar-refractivity contribution in [1.82, 2.24) is 4.90 Å². The molecule has 1 fully saturated rings. The summed E-state index contributed by atoms with van der Waals surface area (Å²) in [7, 11) is 0. The Morgan fingerprint density at radius 3 is 2.28 bits per heavy atom. The van der Waals surface area contributed by atoms with Gasteiger partial charge in [-0.05, 0) is 48.5 Å². The van der Waals surface area contributed by atoms with E-state index in [1.165, 1.54) is 12.1 Å². The van der Waals surface area contributed by atoms with Crippen molar-refractivity contribution >= 4 is 23.4 Å². The van der Waals surface area contributed by atoms with Gasteiger partial charge in [-0.1, -0.05) is 0 Å². The van der Waals surface area contributed by atoms with E-state index in [-0.39, 0.29) is 17.5 Å². The predicted molar refractivity (Wildman–Crippen MR) is 98.6 cm³/mol. The first kappa shape index (κ1) is 17.6. The number of anilines is 1. The number of thioether (sulfide) groups is 1. The highest BCUT2D eigenvalue weighted by Crippen LogP contribution is 2.21. The number of benzene rings is 2. The molecule has 2 aromatic rings. The molecule has 1 saturated heterocycles. The standard InChI is InChI=1S/C19H21FN2O2S/c20-15-1-7-18(8-2-15)25-14-9-19(24)22-12-10-21(11-13-22)16-3-5-17(23)6-4-16/h1-8,23H,9-14H2. The van der Waals surface area contributed by atoms with Crippen molar-refractivity contribution in [1.29, 1.82) is 0 Å². The van der Waals surface area contributed by atoms with E-state index in [0.29, 0.717) is 25.3 Å². The first-order valence-electron chi connectivity index (χ1n) is 8.32. The Balaban J connectivity index is 1.42. The van der Waals surface area contributed by atoms with E-state index in [1.807, 2.05) is 17.0 Å². The smallest absolute Gasteiger partial charge is 0.223 e. The van der Waals surface area contributed by atoms with Gasteiger partial charge in [-0.3, -0.25) is 4.79 Å². The Hall–Kier alpha value is -2.21. The number of piperazine rings is 1. The van der Waals surface area contributed by atoms with Crippen molar-refractivity contribution in [2.45, 2.75) is 11.3 Å². The highest BCUT2D eigenvalue weighted by Gasteiger charge is 2.21. The molecule has 0 spiro atoms. The fraction of sp³-hybridized carbons (Fsp3) is 0.316. The van der Waals surface area contributed by atoms with Gasteiger partial charge in [0.2, 0.25) is 5.91 Å². The fourth-order valence-corrected chi connectivity index (χ4v) is 3.66. The zero-order chi connectivity index (χ0) is 17.6. The molecule has 132 valence electrons. The number of nitrogens with zero attached hydrogens (tertiary/aromatic N) is 2. The quantitative estimate of drug-likeness (QED) is 0.831. The molecule has 3 rings (SSSR count). The van der Waals surface area contributed by atoms with Crippen LogP contribution in [0.15, 0.2) is 53.4 Å². The maximum atomic E-state index is 12.9. The number of halogens is 1. The molecular formula is C19H21FN2O2S. The van der Waals surface area contributed by atoms with Crippen LogP contribution in [0.3, 0.4) is 0 Å². The van der Waals surface area contributed by atoms with Crippen LogP contribution in [0.1, 0.15) is 6.42 Å². The summed E-state index contributed by atoms with van der Waals surface area (Å²) in [5.74, 6) is 0.881. The summed E-state index contributed by atoms with van der Waals surface area (Å²) < 4.78 is 12.9. The van der Waals surface area contributed by atoms with Gasteiger partial charge in [-0.2, -0.15) is 0 Å². The molecule has 0 aromatic heterocycles. The number of phenols is 1. The molecule has 0 atom stereocenters. The summed E-state index contributed by atoms with van der Waals surface area (Å²) in [4.78, 5) is 17.4. The number of carbonyl (C=O) groups is 1. The predicted octanol–water partition coefficient (Wildman–Crippen LogP) is 3.36. The van der Waals surface area contributed by atoms with Crippen LogP contribution in [0, 0.1) is 5.82 Å². The molecule has 0 radical (unpaired) electrons. The Kier molecular flexibility index (Phi) is 5.81. The number of amides is 1. The number of aromatic hydroxyl groups is 1. The zero-order valence-corrected chi connectivity index (χ0v) is 14.7. The highest BCUT2D eigenvalue weighted by atomic mass is 32.2. The van der Waals surface area contributed by atoms with E-state index in [1.54, 1.807) is 36.0 Å². The number of hydrogen-bond donors (Lipinski definition) is 1. The van der Waals surface area contributed by atoms with Crippen molar-refractivity contribution in [3.05, 3.63) is 54.3 Å². The lowest BCUT2D eigenvalue weighted by Gasteiger charge is -2.36. The number of rotatable bonds is 5. The molecule has 1 aliphatic heterocycles. The number of phenolic OH excluding ortho intramolecular Hbond substituents is 1. The summed E-state index contributed by atoms with van der Waals surface area (Å²) in [6.45, 7) is 3.01. The average Bonchev–Trinajstić information content (AvgIpc) is 2.64. The Morgan fingerprint density at radius 2 is 1.64 bits per heavy atom. The molecule has 0 aliphatic carbocycles.